The Labute approximate surface area is 130 Å². The molecule has 1 rings (SSSR count). The Morgan fingerprint density at radius 1 is 1.38 bits per heavy atom. The summed E-state index contributed by atoms with van der Waals surface area (Å²) in [6, 6.07) is 6.54. The molecule has 0 unspecified atom stereocenters. The Hall–Kier alpha value is -1.95. The van der Waals surface area contributed by atoms with Crippen LogP contribution in [0.2, 0.25) is 0 Å². The molecule has 0 saturated carbocycles. The highest BCUT2D eigenvalue weighted by atomic mass is 32.1. The number of carbonyl (C=O) groups is 1. The molecule has 0 saturated heterocycles. The number of aromatic carboxylic acids is 1. The predicted octanol–water partition coefficient (Wildman–Crippen LogP) is 2.76. The van der Waals surface area contributed by atoms with Crippen molar-refractivity contribution in [1.82, 2.24) is 10.7 Å². The van der Waals surface area contributed by atoms with Crippen molar-refractivity contribution in [2.24, 2.45) is 5.10 Å². The largest absolute Gasteiger partial charge is 0.478 e. The van der Waals surface area contributed by atoms with E-state index in [1.807, 2.05) is 0 Å². The summed E-state index contributed by atoms with van der Waals surface area (Å²) < 4.78 is 0. The van der Waals surface area contributed by atoms with Crippen LogP contribution in [-0.2, 0) is 0 Å². The molecule has 0 heterocycles. The molecule has 0 amide bonds. The van der Waals surface area contributed by atoms with E-state index < -0.39 is 5.97 Å². The zero-order valence-corrected chi connectivity index (χ0v) is 12.9. The second-order valence-corrected chi connectivity index (χ2v) is 5.03. The number of unbranched alkanes of at least 4 members (excludes halogenated alkanes) is 3. The molecule has 1 aromatic carbocycles. The van der Waals surface area contributed by atoms with Crippen molar-refractivity contribution >= 4 is 29.5 Å². The molecule has 0 spiro atoms. The van der Waals surface area contributed by atoms with Crippen molar-refractivity contribution in [2.75, 3.05) is 6.54 Å². The number of hydrazone groups is 1. The summed E-state index contributed by atoms with van der Waals surface area (Å²) in [5, 5.41) is 16.4. The van der Waals surface area contributed by atoms with Gasteiger partial charge in [0.05, 0.1) is 11.8 Å². The fourth-order valence-corrected chi connectivity index (χ4v) is 1.87. The molecule has 6 heteroatoms. The standard InChI is InChI=1S/C15H21N3O2S/c1-2-3-4-5-9-16-15(21)18-17-11-12-7-6-8-13(10-12)14(19)20/h6-8,10-11H,2-5,9H2,1H3,(H,19,20)(H2,16,18,21)/b17-11+. The number of carboxylic acids is 1. The fourth-order valence-electron chi connectivity index (χ4n) is 1.71. The molecule has 0 atom stereocenters. The lowest BCUT2D eigenvalue weighted by Gasteiger charge is -2.06. The van der Waals surface area contributed by atoms with Crippen LogP contribution in [0.1, 0.15) is 48.5 Å². The van der Waals surface area contributed by atoms with Gasteiger partial charge in [0.25, 0.3) is 0 Å². The minimum absolute atomic E-state index is 0.232. The Kier molecular flexibility index (Phi) is 8.04. The molecule has 5 nitrogen and oxygen atoms in total. The Balaban J connectivity index is 2.32. The molecular weight excluding hydrogens is 286 g/mol. The maximum absolute atomic E-state index is 10.8. The summed E-state index contributed by atoms with van der Waals surface area (Å²) in [6.45, 7) is 3.00. The lowest BCUT2D eigenvalue weighted by atomic mass is 10.1. The summed E-state index contributed by atoms with van der Waals surface area (Å²) in [4.78, 5) is 10.8. The van der Waals surface area contributed by atoms with Crippen LogP contribution in [0.25, 0.3) is 0 Å². The first kappa shape index (κ1) is 17.1. The number of hydrogen-bond acceptors (Lipinski definition) is 3. The van der Waals surface area contributed by atoms with Gasteiger partial charge in [-0.05, 0) is 36.3 Å². The molecule has 0 radical (unpaired) electrons. The first-order valence-electron chi connectivity index (χ1n) is 7.03. The van der Waals surface area contributed by atoms with Crippen LogP contribution in [0.5, 0.6) is 0 Å². The summed E-state index contributed by atoms with van der Waals surface area (Å²) in [5.74, 6) is -0.956. The number of carboxylic acid groups (broad SMARTS) is 1. The summed E-state index contributed by atoms with van der Waals surface area (Å²) in [7, 11) is 0. The van der Waals surface area contributed by atoms with Crippen LogP contribution in [0, 0.1) is 0 Å². The SMILES string of the molecule is CCCCCCNC(=S)N/N=C/c1cccc(C(=O)O)c1. The van der Waals surface area contributed by atoms with Gasteiger partial charge in [0.2, 0.25) is 0 Å². The molecule has 21 heavy (non-hydrogen) atoms. The summed E-state index contributed by atoms with van der Waals surface area (Å²) in [6.07, 6.45) is 6.26. The molecule has 3 N–H and O–H groups in total. The van der Waals surface area contributed by atoms with Gasteiger partial charge in [-0.25, -0.2) is 4.79 Å². The zero-order chi connectivity index (χ0) is 15.5. The van der Waals surface area contributed by atoms with E-state index in [2.05, 4.69) is 22.8 Å². The maximum atomic E-state index is 10.8. The van der Waals surface area contributed by atoms with Crippen molar-refractivity contribution in [3.63, 3.8) is 0 Å². The van der Waals surface area contributed by atoms with Gasteiger partial charge < -0.3 is 10.4 Å². The predicted molar refractivity (Wildman–Crippen MR) is 88.9 cm³/mol. The second kappa shape index (κ2) is 9.88. The average Bonchev–Trinajstić information content (AvgIpc) is 2.47. The van der Waals surface area contributed by atoms with Crippen molar-refractivity contribution in [3.05, 3.63) is 35.4 Å². The minimum Gasteiger partial charge on any atom is -0.478 e. The van der Waals surface area contributed by atoms with Crippen LogP contribution in [-0.4, -0.2) is 28.9 Å². The topological polar surface area (TPSA) is 73.7 Å². The number of thiocarbonyl (C=S) groups is 1. The Morgan fingerprint density at radius 3 is 2.90 bits per heavy atom. The molecule has 0 aromatic heterocycles. The number of rotatable bonds is 8. The molecule has 0 aliphatic heterocycles. The molecule has 0 bridgehead atoms. The third-order valence-corrected chi connectivity index (χ3v) is 3.06. The van der Waals surface area contributed by atoms with Gasteiger partial charge in [-0.1, -0.05) is 38.3 Å². The molecule has 1 aromatic rings. The van der Waals surface area contributed by atoms with Crippen molar-refractivity contribution in [2.45, 2.75) is 32.6 Å². The van der Waals surface area contributed by atoms with E-state index in [-0.39, 0.29) is 5.56 Å². The van der Waals surface area contributed by atoms with Gasteiger partial charge >= 0.3 is 5.97 Å². The number of nitrogens with one attached hydrogen (secondary N) is 2. The van der Waals surface area contributed by atoms with Crippen LogP contribution in [0.15, 0.2) is 29.4 Å². The lowest BCUT2D eigenvalue weighted by Crippen LogP contribution is -2.32. The number of hydrogen-bond donors (Lipinski definition) is 3. The molecule has 0 fully saturated rings. The fraction of sp³-hybridized carbons (Fsp3) is 0.400. The van der Waals surface area contributed by atoms with Crippen molar-refractivity contribution < 1.29 is 9.90 Å². The normalized spacial score (nSPS) is 10.5. The van der Waals surface area contributed by atoms with Gasteiger partial charge in [0, 0.05) is 6.54 Å². The molecule has 114 valence electrons. The zero-order valence-electron chi connectivity index (χ0n) is 12.1. The van der Waals surface area contributed by atoms with E-state index in [4.69, 9.17) is 17.3 Å². The maximum Gasteiger partial charge on any atom is 0.335 e. The number of nitrogens with zero attached hydrogens (tertiary/aromatic N) is 1. The summed E-state index contributed by atoms with van der Waals surface area (Å²) >= 11 is 5.08. The molecule has 0 aliphatic rings. The van der Waals surface area contributed by atoms with E-state index in [1.54, 1.807) is 18.2 Å². The smallest absolute Gasteiger partial charge is 0.335 e. The Bertz CT molecular complexity index is 503. The highest BCUT2D eigenvalue weighted by Crippen LogP contribution is 2.02. The van der Waals surface area contributed by atoms with Crippen LogP contribution >= 0.6 is 12.2 Å². The highest BCUT2D eigenvalue weighted by Gasteiger charge is 2.01. The molecular formula is C15H21N3O2S. The van der Waals surface area contributed by atoms with Gasteiger partial charge in [0.1, 0.15) is 0 Å². The number of benzene rings is 1. The van der Waals surface area contributed by atoms with Gasteiger partial charge in [-0.3, -0.25) is 5.43 Å². The van der Waals surface area contributed by atoms with Crippen LogP contribution < -0.4 is 10.7 Å². The second-order valence-electron chi connectivity index (χ2n) is 4.62. The first-order chi connectivity index (χ1) is 10.1. The van der Waals surface area contributed by atoms with E-state index in [0.29, 0.717) is 10.7 Å². The quantitative estimate of drug-likeness (QED) is 0.298. The van der Waals surface area contributed by atoms with E-state index >= 15 is 0 Å². The van der Waals surface area contributed by atoms with Crippen molar-refractivity contribution in [1.29, 1.82) is 0 Å². The monoisotopic (exact) mass is 307 g/mol. The lowest BCUT2D eigenvalue weighted by molar-refractivity contribution is 0.0697. The highest BCUT2D eigenvalue weighted by molar-refractivity contribution is 7.80. The van der Waals surface area contributed by atoms with Crippen LogP contribution in [0.3, 0.4) is 0 Å². The Morgan fingerprint density at radius 2 is 2.19 bits per heavy atom. The summed E-state index contributed by atoms with van der Waals surface area (Å²) in [5.41, 5.74) is 3.65. The van der Waals surface area contributed by atoms with Gasteiger partial charge in [0.15, 0.2) is 5.11 Å². The third-order valence-electron chi connectivity index (χ3n) is 2.83. The minimum atomic E-state index is -0.956. The van der Waals surface area contributed by atoms with Crippen LogP contribution in [0.4, 0.5) is 0 Å². The van der Waals surface area contributed by atoms with E-state index in [1.165, 1.54) is 31.5 Å². The third kappa shape index (κ3) is 7.41. The van der Waals surface area contributed by atoms with E-state index in [9.17, 15) is 4.79 Å². The van der Waals surface area contributed by atoms with E-state index in [0.717, 1.165) is 13.0 Å². The first-order valence-corrected chi connectivity index (χ1v) is 7.44. The van der Waals surface area contributed by atoms with Gasteiger partial charge in [-0.2, -0.15) is 5.10 Å². The average molecular weight is 307 g/mol. The molecule has 0 aliphatic carbocycles. The van der Waals surface area contributed by atoms with Gasteiger partial charge in [-0.15, -0.1) is 0 Å². The van der Waals surface area contributed by atoms with Crippen molar-refractivity contribution in [3.8, 4) is 0 Å².